The molecule has 0 aromatic heterocycles. The molecule has 0 radical (unpaired) electrons. The molecule has 3 heteroatoms. The molecule has 1 aliphatic rings. The summed E-state index contributed by atoms with van der Waals surface area (Å²) in [5.41, 5.74) is 2.71. The summed E-state index contributed by atoms with van der Waals surface area (Å²) >= 11 is 2.07. The summed E-state index contributed by atoms with van der Waals surface area (Å²) in [6.45, 7) is 1.00. The van der Waals surface area contributed by atoms with Crippen molar-refractivity contribution in [3.05, 3.63) is 29.8 Å². The fourth-order valence-electron chi connectivity index (χ4n) is 2.21. The number of anilines is 1. The van der Waals surface area contributed by atoms with Crippen LogP contribution in [0, 0.1) is 0 Å². The summed E-state index contributed by atoms with van der Waals surface area (Å²) in [4.78, 5) is 2.22. The zero-order valence-electron chi connectivity index (χ0n) is 10.8. The van der Waals surface area contributed by atoms with Gasteiger partial charge in [-0.2, -0.15) is 11.8 Å². The van der Waals surface area contributed by atoms with E-state index < -0.39 is 0 Å². The largest absolute Gasteiger partial charge is 0.381 e. The molecule has 1 saturated heterocycles. The topological polar surface area (TPSA) is 15.3 Å². The van der Waals surface area contributed by atoms with Crippen molar-refractivity contribution >= 4 is 17.4 Å². The SMILES string of the molecule is CN(C)Cc1ccccc1NC1CCCSC1. The second-order valence-corrected chi connectivity index (χ2v) is 6.10. The maximum absolute atomic E-state index is 3.71. The molecule has 17 heavy (non-hydrogen) atoms. The van der Waals surface area contributed by atoms with E-state index in [4.69, 9.17) is 0 Å². The fourth-order valence-corrected chi connectivity index (χ4v) is 3.29. The quantitative estimate of drug-likeness (QED) is 0.884. The number of hydrogen-bond acceptors (Lipinski definition) is 3. The minimum absolute atomic E-state index is 0.650. The normalized spacial score (nSPS) is 20.5. The second-order valence-electron chi connectivity index (χ2n) is 4.95. The summed E-state index contributed by atoms with van der Waals surface area (Å²) < 4.78 is 0. The molecule has 1 aromatic carbocycles. The van der Waals surface area contributed by atoms with Gasteiger partial charge in [0.05, 0.1) is 0 Å². The summed E-state index contributed by atoms with van der Waals surface area (Å²) in [5.74, 6) is 2.58. The minimum Gasteiger partial charge on any atom is -0.381 e. The number of nitrogens with zero attached hydrogens (tertiary/aromatic N) is 1. The number of nitrogens with one attached hydrogen (secondary N) is 1. The third kappa shape index (κ3) is 3.93. The third-order valence-electron chi connectivity index (χ3n) is 3.02. The molecule has 1 aliphatic heterocycles. The van der Waals surface area contributed by atoms with Crippen molar-refractivity contribution < 1.29 is 0 Å². The molecule has 0 aliphatic carbocycles. The minimum atomic E-state index is 0.650. The van der Waals surface area contributed by atoms with Crippen LogP contribution in [0.3, 0.4) is 0 Å². The van der Waals surface area contributed by atoms with E-state index in [-0.39, 0.29) is 0 Å². The number of thioether (sulfide) groups is 1. The highest BCUT2D eigenvalue weighted by Gasteiger charge is 2.14. The van der Waals surface area contributed by atoms with Crippen LogP contribution in [-0.2, 0) is 6.54 Å². The molecule has 0 spiro atoms. The number of hydrogen-bond donors (Lipinski definition) is 1. The van der Waals surface area contributed by atoms with Gasteiger partial charge in [0.15, 0.2) is 0 Å². The molecular weight excluding hydrogens is 228 g/mol. The van der Waals surface area contributed by atoms with Gasteiger partial charge in [0.1, 0.15) is 0 Å². The molecule has 0 amide bonds. The number of para-hydroxylation sites is 1. The summed E-state index contributed by atoms with van der Waals surface area (Å²) in [5, 5.41) is 3.71. The van der Waals surface area contributed by atoms with Gasteiger partial charge in [-0.25, -0.2) is 0 Å². The Kier molecular flexibility index (Phi) is 4.75. The predicted octanol–water partition coefficient (Wildman–Crippen LogP) is 3.06. The Hall–Kier alpha value is -0.670. The average molecular weight is 250 g/mol. The standard InChI is InChI=1S/C14H22N2S/c1-16(2)10-12-6-3-4-8-14(12)15-13-7-5-9-17-11-13/h3-4,6,8,13,15H,5,7,9-11H2,1-2H3. The van der Waals surface area contributed by atoms with Crippen LogP contribution in [0.25, 0.3) is 0 Å². The third-order valence-corrected chi connectivity index (χ3v) is 4.24. The molecule has 2 rings (SSSR count). The molecule has 0 bridgehead atoms. The van der Waals surface area contributed by atoms with Crippen molar-refractivity contribution in [3.8, 4) is 0 Å². The first-order chi connectivity index (χ1) is 8.25. The van der Waals surface area contributed by atoms with Crippen molar-refractivity contribution in [2.24, 2.45) is 0 Å². The Balaban J connectivity index is 2.03. The zero-order chi connectivity index (χ0) is 12.1. The van der Waals surface area contributed by atoms with E-state index in [1.54, 1.807) is 0 Å². The Morgan fingerprint density at radius 2 is 2.18 bits per heavy atom. The van der Waals surface area contributed by atoms with E-state index >= 15 is 0 Å². The zero-order valence-corrected chi connectivity index (χ0v) is 11.6. The van der Waals surface area contributed by atoms with Gasteiger partial charge in [0, 0.05) is 24.0 Å². The van der Waals surface area contributed by atoms with Gasteiger partial charge in [0.25, 0.3) is 0 Å². The first-order valence-electron chi connectivity index (χ1n) is 6.32. The average Bonchev–Trinajstić information content (AvgIpc) is 2.32. The van der Waals surface area contributed by atoms with Crippen molar-refractivity contribution in [3.63, 3.8) is 0 Å². The molecule has 0 saturated carbocycles. The van der Waals surface area contributed by atoms with E-state index in [0.717, 1.165) is 6.54 Å². The summed E-state index contributed by atoms with van der Waals surface area (Å²) in [6, 6.07) is 9.32. The molecule has 1 unspecified atom stereocenters. The van der Waals surface area contributed by atoms with Gasteiger partial charge in [-0.1, -0.05) is 18.2 Å². The lowest BCUT2D eigenvalue weighted by molar-refractivity contribution is 0.403. The first-order valence-corrected chi connectivity index (χ1v) is 7.48. The Bertz CT molecular complexity index is 346. The van der Waals surface area contributed by atoms with E-state index in [9.17, 15) is 0 Å². The monoisotopic (exact) mass is 250 g/mol. The van der Waals surface area contributed by atoms with Gasteiger partial charge in [-0.05, 0) is 44.3 Å². The van der Waals surface area contributed by atoms with Crippen molar-refractivity contribution in [1.29, 1.82) is 0 Å². The van der Waals surface area contributed by atoms with Gasteiger partial charge in [0.2, 0.25) is 0 Å². The van der Waals surface area contributed by atoms with Gasteiger partial charge >= 0.3 is 0 Å². The molecule has 1 N–H and O–H groups in total. The van der Waals surface area contributed by atoms with E-state index in [2.05, 4.69) is 60.3 Å². The Morgan fingerprint density at radius 1 is 1.35 bits per heavy atom. The molecular formula is C14H22N2S. The molecule has 1 aromatic rings. The highest BCUT2D eigenvalue weighted by atomic mass is 32.2. The highest BCUT2D eigenvalue weighted by Crippen LogP contribution is 2.23. The van der Waals surface area contributed by atoms with E-state index in [0.29, 0.717) is 6.04 Å². The van der Waals surface area contributed by atoms with Crippen LogP contribution >= 0.6 is 11.8 Å². The van der Waals surface area contributed by atoms with Gasteiger partial charge in [-0.15, -0.1) is 0 Å². The summed E-state index contributed by atoms with van der Waals surface area (Å²) in [6.07, 6.45) is 2.65. The highest BCUT2D eigenvalue weighted by molar-refractivity contribution is 7.99. The smallest absolute Gasteiger partial charge is 0.0388 e. The Morgan fingerprint density at radius 3 is 2.88 bits per heavy atom. The van der Waals surface area contributed by atoms with E-state index in [1.807, 2.05) is 0 Å². The van der Waals surface area contributed by atoms with Crippen molar-refractivity contribution in [2.75, 3.05) is 30.9 Å². The fraction of sp³-hybridized carbons (Fsp3) is 0.571. The van der Waals surface area contributed by atoms with E-state index in [1.165, 1.54) is 35.6 Å². The van der Waals surface area contributed by atoms with Crippen molar-refractivity contribution in [1.82, 2.24) is 4.90 Å². The van der Waals surface area contributed by atoms with Gasteiger partial charge < -0.3 is 10.2 Å². The maximum atomic E-state index is 3.71. The van der Waals surface area contributed by atoms with Crippen LogP contribution in [0.2, 0.25) is 0 Å². The predicted molar refractivity (Wildman–Crippen MR) is 77.8 cm³/mol. The van der Waals surface area contributed by atoms with Crippen LogP contribution in [0.4, 0.5) is 5.69 Å². The van der Waals surface area contributed by atoms with Crippen LogP contribution in [-0.4, -0.2) is 36.5 Å². The van der Waals surface area contributed by atoms with Crippen LogP contribution < -0.4 is 5.32 Å². The lowest BCUT2D eigenvalue weighted by Crippen LogP contribution is -2.26. The lowest BCUT2D eigenvalue weighted by atomic mass is 10.1. The molecule has 94 valence electrons. The van der Waals surface area contributed by atoms with Crippen molar-refractivity contribution in [2.45, 2.75) is 25.4 Å². The molecule has 2 nitrogen and oxygen atoms in total. The first kappa shape index (κ1) is 12.8. The second kappa shape index (κ2) is 6.31. The molecule has 1 fully saturated rings. The van der Waals surface area contributed by atoms with Crippen LogP contribution in [0.1, 0.15) is 18.4 Å². The lowest BCUT2D eigenvalue weighted by Gasteiger charge is -2.25. The molecule has 1 heterocycles. The number of rotatable bonds is 4. The van der Waals surface area contributed by atoms with Crippen LogP contribution in [0.5, 0.6) is 0 Å². The number of benzene rings is 1. The van der Waals surface area contributed by atoms with Gasteiger partial charge in [-0.3, -0.25) is 0 Å². The molecule has 1 atom stereocenters. The Labute approximate surface area is 109 Å². The summed E-state index contributed by atoms with van der Waals surface area (Å²) in [7, 11) is 4.24. The van der Waals surface area contributed by atoms with Crippen LogP contribution in [0.15, 0.2) is 24.3 Å². The maximum Gasteiger partial charge on any atom is 0.0388 e.